The summed E-state index contributed by atoms with van der Waals surface area (Å²) in [6.45, 7) is 2.20. The first-order valence-corrected chi connectivity index (χ1v) is 9.74. The van der Waals surface area contributed by atoms with E-state index in [0.717, 1.165) is 32.1 Å². The normalized spacial score (nSPS) is 19.3. The standard InChI is InChI=1S/C24H26F2O/c1-3-4-17-5-10-19(11-6-17)20-12-7-18(8-13-20)9-14-21-15-16-22(27-2)24(26)23(21)25/h5-6,10-11,15-16,18,20H,3-4,7-8,12-13H2,1-2H3/t18-,20-. The maximum Gasteiger partial charge on any atom is 0.201 e. The van der Waals surface area contributed by atoms with Crippen molar-refractivity contribution in [3.63, 3.8) is 0 Å². The Morgan fingerprint density at radius 3 is 2.30 bits per heavy atom. The zero-order valence-electron chi connectivity index (χ0n) is 16.0. The number of rotatable bonds is 4. The number of hydrogen-bond acceptors (Lipinski definition) is 1. The van der Waals surface area contributed by atoms with Crippen molar-refractivity contribution in [2.24, 2.45) is 5.92 Å². The number of halogens is 2. The maximum atomic E-state index is 14.0. The van der Waals surface area contributed by atoms with E-state index in [2.05, 4.69) is 43.0 Å². The number of ether oxygens (including phenoxy) is 1. The van der Waals surface area contributed by atoms with Gasteiger partial charge in [-0.1, -0.05) is 49.5 Å². The van der Waals surface area contributed by atoms with Gasteiger partial charge in [0.15, 0.2) is 11.6 Å². The van der Waals surface area contributed by atoms with Crippen LogP contribution in [0.5, 0.6) is 5.75 Å². The fraction of sp³-hybridized carbons (Fsp3) is 0.417. The fourth-order valence-corrected chi connectivity index (χ4v) is 3.78. The average Bonchev–Trinajstić information content (AvgIpc) is 2.70. The molecule has 0 radical (unpaired) electrons. The molecule has 3 heteroatoms. The van der Waals surface area contributed by atoms with Gasteiger partial charge in [-0.25, -0.2) is 4.39 Å². The number of hydrogen-bond donors (Lipinski definition) is 0. The molecule has 3 rings (SSSR count). The third-order valence-corrected chi connectivity index (χ3v) is 5.39. The van der Waals surface area contributed by atoms with Crippen LogP contribution in [0.15, 0.2) is 36.4 Å². The zero-order chi connectivity index (χ0) is 19.2. The highest BCUT2D eigenvalue weighted by Crippen LogP contribution is 2.35. The van der Waals surface area contributed by atoms with Gasteiger partial charge >= 0.3 is 0 Å². The SMILES string of the molecule is CCCc1ccc([C@H]2CC[C@H](C#Cc3ccc(OC)c(F)c3F)CC2)cc1. The van der Waals surface area contributed by atoms with Crippen molar-refractivity contribution >= 4 is 0 Å². The Morgan fingerprint density at radius 2 is 1.67 bits per heavy atom. The smallest absolute Gasteiger partial charge is 0.201 e. The van der Waals surface area contributed by atoms with Gasteiger partial charge in [0.05, 0.1) is 12.7 Å². The summed E-state index contributed by atoms with van der Waals surface area (Å²) >= 11 is 0. The third kappa shape index (κ3) is 4.69. The first-order valence-electron chi connectivity index (χ1n) is 9.74. The highest BCUT2D eigenvalue weighted by Gasteiger charge is 2.21. The van der Waals surface area contributed by atoms with Crippen molar-refractivity contribution in [2.75, 3.05) is 7.11 Å². The summed E-state index contributed by atoms with van der Waals surface area (Å²) in [6, 6.07) is 11.9. The van der Waals surface area contributed by atoms with Crippen LogP contribution in [0.2, 0.25) is 0 Å². The molecule has 0 amide bonds. The molecule has 1 saturated carbocycles. The molecule has 2 aromatic carbocycles. The molecule has 0 N–H and O–H groups in total. The Bertz CT molecular complexity index is 822. The van der Waals surface area contributed by atoms with E-state index in [9.17, 15) is 8.78 Å². The highest BCUT2D eigenvalue weighted by molar-refractivity contribution is 5.41. The minimum Gasteiger partial charge on any atom is -0.494 e. The minimum atomic E-state index is -0.973. The van der Waals surface area contributed by atoms with Crippen LogP contribution in [0, 0.1) is 29.4 Å². The lowest BCUT2D eigenvalue weighted by Gasteiger charge is -2.26. The van der Waals surface area contributed by atoms with Crippen LogP contribution >= 0.6 is 0 Å². The van der Waals surface area contributed by atoms with Gasteiger partial charge in [-0.2, -0.15) is 4.39 Å². The first-order chi connectivity index (χ1) is 13.1. The molecule has 142 valence electrons. The van der Waals surface area contributed by atoms with Crippen molar-refractivity contribution in [1.82, 2.24) is 0 Å². The Morgan fingerprint density at radius 1 is 0.963 bits per heavy atom. The van der Waals surface area contributed by atoms with Gasteiger partial charge in [0.25, 0.3) is 0 Å². The van der Waals surface area contributed by atoms with Gasteiger partial charge in [-0.05, 0) is 61.3 Å². The predicted octanol–water partition coefficient (Wildman–Crippen LogP) is 6.25. The van der Waals surface area contributed by atoms with Crippen LogP contribution in [-0.4, -0.2) is 7.11 Å². The van der Waals surface area contributed by atoms with Crippen LogP contribution in [0.25, 0.3) is 0 Å². The largest absolute Gasteiger partial charge is 0.494 e. The molecular weight excluding hydrogens is 342 g/mol. The zero-order valence-corrected chi connectivity index (χ0v) is 16.0. The molecule has 0 spiro atoms. The molecule has 0 saturated heterocycles. The molecule has 0 unspecified atom stereocenters. The topological polar surface area (TPSA) is 9.23 Å². The molecule has 1 aliphatic rings. The fourth-order valence-electron chi connectivity index (χ4n) is 3.78. The second-order valence-electron chi connectivity index (χ2n) is 7.25. The van der Waals surface area contributed by atoms with Gasteiger partial charge in [0.2, 0.25) is 5.82 Å². The minimum absolute atomic E-state index is 0.0940. The van der Waals surface area contributed by atoms with Crippen molar-refractivity contribution in [3.05, 3.63) is 64.7 Å². The lowest BCUT2D eigenvalue weighted by atomic mass is 9.78. The third-order valence-electron chi connectivity index (χ3n) is 5.39. The summed E-state index contributed by atoms with van der Waals surface area (Å²) in [5.41, 5.74) is 2.90. The van der Waals surface area contributed by atoms with Crippen LogP contribution in [0.1, 0.15) is 61.6 Å². The molecule has 0 atom stereocenters. The summed E-state index contributed by atoms with van der Waals surface area (Å²) in [7, 11) is 1.32. The summed E-state index contributed by atoms with van der Waals surface area (Å²) in [5.74, 6) is 4.80. The monoisotopic (exact) mass is 368 g/mol. The van der Waals surface area contributed by atoms with E-state index in [1.807, 2.05) is 0 Å². The molecule has 1 aliphatic carbocycles. The quantitative estimate of drug-likeness (QED) is 0.580. The van der Waals surface area contributed by atoms with E-state index in [4.69, 9.17) is 4.74 Å². The number of aryl methyl sites for hydroxylation is 1. The van der Waals surface area contributed by atoms with Gasteiger partial charge in [-0.3, -0.25) is 0 Å². The van der Waals surface area contributed by atoms with Crippen molar-refractivity contribution in [2.45, 2.75) is 51.4 Å². The van der Waals surface area contributed by atoms with E-state index in [1.165, 1.54) is 36.8 Å². The van der Waals surface area contributed by atoms with Crippen LogP contribution in [0.4, 0.5) is 8.78 Å². The maximum absolute atomic E-state index is 14.0. The van der Waals surface area contributed by atoms with Gasteiger partial charge < -0.3 is 4.74 Å². The molecule has 0 heterocycles. The summed E-state index contributed by atoms with van der Waals surface area (Å²) < 4.78 is 32.6. The molecule has 1 fully saturated rings. The second kappa shape index (κ2) is 9.04. The Kier molecular flexibility index (Phi) is 6.50. The first kappa shape index (κ1) is 19.4. The molecule has 27 heavy (non-hydrogen) atoms. The Hall–Kier alpha value is -2.34. The summed E-state index contributed by atoms with van der Waals surface area (Å²) in [5, 5.41) is 0. The number of methoxy groups -OCH3 is 1. The van der Waals surface area contributed by atoms with Crippen molar-refractivity contribution < 1.29 is 13.5 Å². The van der Waals surface area contributed by atoms with Crippen LogP contribution in [0.3, 0.4) is 0 Å². The van der Waals surface area contributed by atoms with E-state index in [0.29, 0.717) is 5.92 Å². The van der Waals surface area contributed by atoms with Gasteiger partial charge in [0, 0.05) is 5.92 Å². The predicted molar refractivity (Wildman–Crippen MR) is 105 cm³/mol. The Balaban J connectivity index is 1.60. The molecule has 2 aromatic rings. The van der Waals surface area contributed by atoms with Crippen molar-refractivity contribution in [1.29, 1.82) is 0 Å². The summed E-state index contributed by atoms with van der Waals surface area (Å²) in [4.78, 5) is 0. The van der Waals surface area contributed by atoms with E-state index in [1.54, 1.807) is 0 Å². The lowest BCUT2D eigenvalue weighted by molar-refractivity contribution is 0.371. The average molecular weight is 368 g/mol. The van der Waals surface area contributed by atoms with Crippen LogP contribution in [-0.2, 0) is 6.42 Å². The van der Waals surface area contributed by atoms with Crippen molar-refractivity contribution in [3.8, 4) is 17.6 Å². The number of benzene rings is 2. The molecule has 0 aromatic heterocycles. The van der Waals surface area contributed by atoms with Crippen LogP contribution < -0.4 is 4.74 Å². The molecule has 1 nitrogen and oxygen atoms in total. The second-order valence-corrected chi connectivity index (χ2v) is 7.25. The van der Waals surface area contributed by atoms with Gasteiger partial charge in [-0.15, -0.1) is 0 Å². The van der Waals surface area contributed by atoms with Gasteiger partial charge in [0.1, 0.15) is 0 Å². The summed E-state index contributed by atoms with van der Waals surface area (Å²) in [6.07, 6.45) is 6.47. The molecule has 0 bridgehead atoms. The Labute approximate surface area is 160 Å². The highest BCUT2D eigenvalue weighted by atomic mass is 19.2. The van der Waals surface area contributed by atoms with E-state index < -0.39 is 11.6 Å². The van der Waals surface area contributed by atoms with E-state index >= 15 is 0 Å². The molecular formula is C24H26F2O. The van der Waals surface area contributed by atoms with E-state index in [-0.39, 0.29) is 17.2 Å². The molecule has 0 aliphatic heterocycles. The lowest BCUT2D eigenvalue weighted by Crippen LogP contribution is -2.12.